The molecule has 1 N–H and O–H groups in total. The van der Waals surface area contributed by atoms with Crippen molar-refractivity contribution in [2.75, 3.05) is 0 Å². The molecule has 0 saturated carbocycles. The minimum absolute atomic E-state index is 0. The topological polar surface area (TPSA) is 37.3 Å². The summed E-state index contributed by atoms with van der Waals surface area (Å²) >= 11 is 0. The van der Waals surface area contributed by atoms with Gasteiger partial charge in [-0.1, -0.05) is 0 Å². The fraction of sp³-hybridized carbons (Fsp3) is 0.500. The van der Waals surface area contributed by atoms with Gasteiger partial charge in [0.15, 0.2) is 0 Å². The SMILES string of the molecule is F.O=C(O)C(F)(F)F.[H-].[K+]. The zero-order valence-electron chi connectivity index (χ0n) is 5.40. The average molecular weight is 174 g/mol. The Kier molecular flexibility index (Phi) is 10.2. The van der Waals surface area contributed by atoms with Crippen LogP contribution in [0.4, 0.5) is 17.9 Å². The van der Waals surface area contributed by atoms with E-state index >= 15 is 0 Å². The standard InChI is InChI=1S/C2HF3O2.FH.K.H/c3-2(4,5)1(6)7;;;/h(H,6,7);1H;;/q;;+1;-1. The molecule has 0 amide bonds. The number of rotatable bonds is 0. The molecule has 0 heterocycles. The first-order valence-corrected chi connectivity index (χ1v) is 1.24. The molecule has 9 heavy (non-hydrogen) atoms. The van der Waals surface area contributed by atoms with E-state index in [1.807, 2.05) is 0 Å². The monoisotopic (exact) mass is 174 g/mol. The third-order valence-electron chi connectivity index (χ3n) is 0.243. The molecule has 0 bridgehead atoms. The number of aliphatic carboxylic acids is 1. The smallest absolute Gasteiger partial charge is 1.00 e. The molecule has 0 radical (unpaired) electrons. The number of hydrogen-bond acceptors (Lipinski definition) is 1. The van der Waals surface area contributed by atoms with Crippen molar-refractivity contribution in [3.63, 3.8) is 0 Å². The molecule has 0 fully saturated rings. The van der Waals surface area contributed by atoms with Crippen molar-refractivity contribution in [3.05, 3.63) is 0 Å². The predicted molar refractivity (Wildman–Crippen MR) is 17.3 cm³/mol. The normalized spacial score (nSPS) is 8.78. The van der Waals surface area contributed by atoms with E-state index in [2.05, 4.69) is 0 Å². The van der Waals surface area contributed by atoms with Crippen molar-refractivity contribution >= 4 is 5.97 Å². The van der Waals surface area contributed by atoms with Gasteiger partial charge < -0.3 is 6.53 Å². The van der Waals surface area contributed by atoms with Crippen LogP contribution in [0.5, 0.6) is 0 Å². The molecule has 0 aromatic carbocycles. The number of carboxylic acids is 1. The zero-order valence-corrected chi connectivity index (χ0v) is 7.52. The van der Waals surface area contributed by atoms with E-state index in [0.29, 0.717) is 0 Å². The molecular formula is C2H3F4KO2. The fourth-order valence-corrected chi connectivity index (χ4v) is 0. The van der Waals surface area contributed by atoms with Gasteiger partial charge in [0, 0.05) is 0 Å². The van der Waals surface area contributed by atoms with Gasteiger partial charge in [-0.05, 0) is 0 Å². The Morgan fingerprint density at radius 3 is 1.56 bits per heavy atom. The van der Waals surface area contributed by atoms with Crippen molar-refractivity contribution in [2.24, 2.45) is 0 Å². The molecule has 0 aliphatic heterocycles. The molecule has 0 aliphatic rings. The minimum atomic E-state index is -5.08. The van der Waals surface area contributed by atoms with E-state index in [0.717, 1.165) is 0 Å². The van der Waals surface area contributed by atoms with E-state index in [9.17, 15) is 13.2 Å². The molecule has 52 valence electrons. The maximum atomic E-state index is 10.6. The quantitative estimate of drug-likeness (QED) is 0.337. The number of carboxylic acid groups (broad SMARTS) is 1. The summed E-state index contributed by atoms with van der Waals surface area (Å²) in [6.07, 6.45) is -5.08. The van der Waals surface area contributed by atoms with Crippen molar-refractivity contribution in [3.8, 4) is 0 Å². The number of halogens is 4. The molecule has 0 aromatic rings. The first kappa shape index (κ1) is 16.4. The van der Waals surface area contributed by atoms with Gasteiger partial charge >= 0.3 is 63.5 Å². The summed E-state index contributed by atoms with van der Waals surface area (Å²) in [5, 5.41) is 7.12. The van der Waals surface area contributed by atoms with Crippen LogP contribution in [0.2, 0.25) is 0 Å². The van der Waals surface area contributed by atoms with Crippen LogP contribution in [0, 0.1) is 0 Å². The third-order valence-corrected chi connectivity index (χ3v) is 0.243. The van der Waals surface area contributed by atoms with Gasteiger partial charge in [-0.25, -0.2) is 4.79 Å². The van der Waals surface area contributed by atoms with Gasteiger partial charge in [-0.3, -0.25) is 4.70 Å². The molecule has 0 atom stereocenters. The number of hydrogen-bond donors (Lipinski definition) is 1. The molecule has 7 heteroatoms. The van der Waals surface area contributed by atoms with Gasteiger partial charge in [0.05, 0.1) is 0 Å². The Balaban J connectivity index is -0.0000000600. The van der Waals surface area contributed by atoms with Gasteiger partial charge in [0.25, 0.3) is 0 Å². The van der Waals surface area contributed by atoms with Crippen LogP contribution in [-0.2, 0) is 4.79 Å². The van der Waals surface area contributed by atoms with Crippen LogP contribution in [0.1, 0.15) is 1.43 Å². The Bertz CT molecular complexity index is 93.7. The molecule has 0 unspecified atom stereocenters. The molecule has 0 aliphatic carbocycles. The van der Waals surface area contributed by atoms with E-state index in [4.69, 9.17) is 9.90 Å². The fourth-order valence-electron chi connectivity index (χ4n) is 0. The van der Waals surface area contributed by atoms with E-state index in [1.54, 1.807) is 0 Å². The van der Waals surface area contributed by atoms with Crippen LogP contribution in [0.25, 0.3) is 0 Å². The maximum absolute atomic E-state index is 10.6. The van der Waals surface area contributed by atoms with E-state index in [-0.39, 0.29) is 57.5 Å². The van der Waals surface area contributed by atoms with Crippen LogP contribution in [-0.4, -0.2) is 17.3 Å². The second kappa shape index (κ2) is 5.60. The molecule has 2 nitrogen and oxygen atoms in total. The van der Waals surface area contributed by atoms with Gasteiger partial charge in [0.1, 0.15) is 0 Å². The van der Waals surface area contributed by atoms with Gasteiger partial charge in [0.2, 0.25) is 0 Å². The molecule has 0 rings (SSSR count). The first-order valence-electron chi connectivity index (χ1n) is 1.24. The summed E-state index contributed by atoms with van der Waals surface area (Å²) in [7, 11) is 0. The predicted octanol–water partition coefficient (Wildman–Crippen LogP) is -2.10. The number of alkyl halides is 3. The summed E-state index contributed by atoms with van der Waals surface area (Å²) in [5.41, 5.74) is 0. The minimum Gasteiger partial charge on any atom is -1.00 e. The molecular weight excluding hydrogens is 171 g/mol. The summed E-state index contributed by atoms with van der Waals surface area (Å²) in [6, 6.07) is 0. The van der Waals surface area contributed by atoms with Crippen molar-refractivity contribution < 1.29 is 80.6 Å². The Hall–Kier alpha value is 0.826. The summed E-state index contributed by atoms with van der Waals surface area (Å²) in [5.74, 6) is -2.76. The van der Waals surface area contributed by atoms with Crippen molar-refractivity contribution in [1.82, 2.24) is 0 Å². The summed E-state index contributed by atoms with van der Waals surface area (Å²) < 4.78 is 31.7. The molecule has 0 spiro atoms. The molecule has 0 aromatic heterocycles. The summed E-state index contributed by atoms with van der Waals surface area (Å²) in [4.78, 5) is 8.90. The van der Waals surface area contributed by atoms with Crippen LogP contribution in [0.3, 0.4) is 0 Å². The van der Waals surface area contributed by atoms with E-state index < -0.39 is 12.1 Å². The van der Waals surface area contributed by atoms with Crippen LogP contribution < -0.4 is 51.4 Å². The first-order chi connectivity index (χ1) is 2.94. The zero-order chi connectivity index (χ0) is 6.08. The Labute approximate surface area is 91.7 Å². The Morgan fingerprint density at radius 1 is 1.44 bits per heavy atom. The average Bonchev–Trinajstić information content (AvgIpc) is 1.31. The third kappa shape index (κ3) is 8.83. The van der Waals surface area contributed by atoms with E-state index in [1.165, 1.54) is 0 Å². The largest absolute Gasteiger partial charge is 1.00 e. The molecule has 0 saturated heterocycles. The van der Waals surface area contributed by atoms with Gasteiger partial charge in [-0.15, -0.1) is 0 Å². The number of carbonyl (C=O) groups is 1. The van der Waals surface area contributed by atoms with Crippen LogP contribution in [0.15, 0.2) is 0 Å². The van der Waals surface area contributed by atoms with Crippen LogP contribution >= 0.6 is 0 Å². The van der Waals surface area contributed by atoms with Crippen molar-refractivity contribution in [1.29, 1.82) is 0 Å². The van der Waals surface area contributed by atoms with Crippen molar-refractivity contribution in [2.45, 2.75) is 6.18 Å². The maximum Gasteiger partial charge on any atom is 1.00 e. The summed E-state index contributed by atoms with van der Waals surface area (Å²) in [6.45, 7) is 0. The second-order valence-electron chi connectivity index (χ2n) is 0.803. The Morgan fingerprint density at radius 2 is 1.56 bits per heavy atom. The second-order valence-corrected chi connectivity index (χ2v) is 0.803. The van der Waals surface area contributed by atoms with Gasteiger partial charge in [-0.2, -0.15) is 13.2 Å².